The predicted molar refractivity (Wildman–Crippen MR) is 120 cm³/mol. The molecule has 0 bridgehead atoms. The van der Waals surface area contributed by atoms with Crippen molar-refractivity contribution in [1.29, 1.82) is 0 Å². The molecule has 164 valence electrons. The molecule has 2 aliphatic rings. The second-order valence-electron chi connectivity index (χ2n) is 8.76. The quantitative estimate of drug-likeness (QED) is 0.744. The molecule has 1 N–H and O–H groups in total. The number of carbonyl (C=O) groups is 2. The van der Waals surface area contributed by atoms with E-state index in [2.05, 4.69) is 29.4 Å². The van der Waals surface area contributed by atoms with Crippen LogP contribution in [0.4, 0.5) is 5.95 Å². The number of carbonyl (C=O) groups excluding carboxylic acids is 2. The Kier molecular flexibility index (Phi) is 6.20. The summed E-state index contributed by atoms with van der Waals surface area (Å²) in [7, 11) is 3.77. The first-order valence-electron chi connectivity index (χ1n) is 11.1. The Bertz CT molecular complexity index is 953. The van der Waals surface area contributed by atoms with Gasteiger partial charge in [0.05, 0.1) is 11.3 Å². The van der Waals surface area contributed by atoms with Crippen molar-refractivity contribution in [1.82, 2.24) is 20.2 Å². The number of likely N-dealkylation sites (tertiary alicyclic amines) is 1. The second-order valence-corrected chi connectivity index (χ2v) is 8.76. The summed E-state index contributed by atoms with van der Waals surface area (Å²) >= 11 is 0. The third-order valence-corrected chi connectivity index (χ3v) is 6.15. The molecule has 7 heteroatoms. The van der Waals surface area contributed by atoms with Gasteiger partial charge in [-0.05, 0) is 36.8 Å². The van der Waals surface area contributed by atoms with Crippen molar-refractivity contribution < 1.29 is 9.59 Å². The number of anilines is 1. The van der Waals surface area contributed by atoms with Crippen molar-refractivity contribution in [3.05, 3.63) is 52.8 Å². The van der Waals surface area contributed by atoms with Crippen LogP contribution in [0, 0.1) is 5.92 Å². The summed E-state index contributed by atoms with van der Waals surface area (Å²) in [5.41, 5.74) is 3.57. The average molecular weight is 422 g/mol. The van der Waals surface area contributed by atoms with Gasteiger partial charge in [-0.2, -0.15) is 0 Å². The molecular formula is C24H31N5O2. The Hall–Kier alpha value is -2.96. The largest absolute Gasteiger partial charge is 0.348 e. The minimum Gasteiger partial charge on any atom is -0.348 e. The molecule has 1 saturated heterocycles. The van der Waals surface area contributed by atoms with Gasteiger partial charge in [0.1, 0.15) is 0 Å². The molecule has 1 saturated carbocycles. The molecule has 7 nitrogen and oxygen atoms in total. The summed E-state index contributed by atoms with van der Waals surface area (Å²) < 4.78 is 0. The van der Waals surface area contributed by atoms with Crippen LogP contribution in [0.15, 0.2) is 30.5 Å². The lowest BCUT2D eigenvalue weighted by Gasteiger charge is -2.19. The lowest BCUT2D eigenvalue weighted by Crippen LogP contribution is -2.30. The monoisotopic (exact) mass is 421 g/mol. The number of nitrogens with one attached hydrogen (secondary N) is 1. The Morgan fingerprint density at radius 2 is 1.84 bits per heavy atom. The fourth-order valence-electron chi connectivity index (χ4n) is 4.03. The van der Waals surface area contributed by atoms with Crippen molar-refractivity contribution in [2.75, 3.05) is 32.1 Å². The molecule has 2 amide bonds. The van der Waals surface area contributed by atoms with Crippen molar-refractivity contribution in [2.24, 2.45) is 5.92 Å². The predicted octanol–water partition coefficient (Wildman–Crippen LogP) is 2.76. The molecule has 0 radical (unpaired) electrons. The number of nitrogens with zero attached hydrogens (tertiary/aromatic N) is 4. The first-order valence-corrected chi connectivity index (χ1v) is 11.1. The number of rotatable bonds is 7. The zero-order chi connectivity index (χ0) is 22.0. The van der Waals surface area contributed by atoms with Gasteiger partial charge in [0.15, 0.2) is 0 Å². The highest BCUT2D eigenvalue weighted by atomic mass is 16.2. The number of benzene rings is 1. The van der Waals surface area contributed by atoms with Gasteiger partial charge >= 0.3 is 0 Å². The smallest absolute Gasteiger partial charge is 0.254 e. The zero-order valence-electron chi connectivity index (χ0n) is 18.6. The van der Waals surface area contributed by atoms with E-state index in [1.54, 1.807) is 6.20 Å². The van der Waals surface area contributed by atoms with Crippen LogP contribution in [0.5, 0.6) is 0 Å². The first kappa shape index (κ1) is 21.3. The highest BCUT2D eigenvalue weighted by Gasteiger charge is 2.38. The zero-order valence-corrected chi connectivity index (χ0v) is 18.6. The molecular weight excluding hydrogens is 390 g/mol. The summed E-state index contributed by atoms with van der Waals surface area (Å²) in [5.74, 6) is 0.920. The SMILES string of the molecule is CCc1ccc(CNC(=O)c2cnc(N(C)C)nc2C2CCN(C(=O)C3CC3)C2)cc1. The number of amides is 2. The minimum atomic E-state index is -0.174. The Morgan fingerprint density at radius 3 is 2.48 bits per heavy atom. The number of hydrogen-bond donors (Lipinski definition) is 1. The van der Waals surface area contributed by atoms with Crippen molar-refractivity contribution in [3.8, 4) is 0 Å². The normalized spacial score (nSPS) is 18.2. The number of aryl methyl sites for hydroxylation is 1. The number of hydrogen-bond acceptors (Lipinski definition) is 5. The molecule has 0 spiro atoms. The van der Waals surface area contributed by atoms with Gasteiger partial charge < -0.3 is 15.1 Å². The molecule has 1 aliphatic carbocycles. The van der Waals surface area contributed by atoms with E-state index in [1.165, 1.54) is 5.56 Å². The van der Waals surface area contributed by atoms with E-state index in [0.717, 1.165) is 43.5 Å². The molecule has 1 atom stereocenters. The van der Waals surface area contributed by atoms with E-state index in [0.29, 0.717) is 24.6 Å². The highest BCUT2D eigenvalue weighted by Crippen LogP contribution is 2.35. The van der Waals surface area contributed by atoms with Gasteiger partial charge in [-0.25, -0.2) is 9.97 Å². The standard InChI is InChI=1S/C24H31N5O2/c1-4-16-5-7-17(8-6-16)13-25-22(30)20-14-26-24(28(2)3)27-21(20)19-11-12-29(15-19)23(31)18-9-10-18/h5-8,14,18-19H,4,9-13,15H2,1-3H3,(H,25,30). The molecule has 4 rings (SSSR count). The Balaban J connectivity index is 1.50. The van der Waals surface area contributed by atoms with E-state index in [1.807, 2.05) is 36.0 Å². The van der Waals surface area contributed by atoms with Gasteiger partial charge in [0.25, 0.3) is 5.91 Å². The molecule has 2 heterocycles. The lowest BCUT2D eigenvalue weighted by atomic mass is 9.99. The molecule has 2 fully saturated rings. The summed E-state index contributed by atoms with van der Waals surface area (Å²) in [6, 6.07) is 8.27. The van der Waals surface area contributed by atoms with Crippen LogP contribution in [-0.4, -0.2) is 53.9 Å². The third-order valence-electron chi connectivity index (χ3n) is 6.15. The van der Waals surface area contributed by atoms with Crippen LogP contribution in [0.25, 0.3) is 0 Å². The van der Waals surface area contributed by atoms with Crippen molar-refractivity contribution >= 4 is 17.8 Å². The second kappa shape index (κ2) is 9.04. The molecule has 2 aromatic rings. The maximum Gasteiger partial charge on any atom is 0.254 e. The Morgan fingerprint density at radius 1 is 1.13 bits per heavy atom. The first-order chi connectivity index (χ1) is 15.0. The van der Waals surface area contributed by atoms with Crippen LogP contribution < -0.4 is 10.2 Å². The highest BCUT2D eigenvalue weighted by molar-refractivity contribution is 5.95. The Labute approximate surface area is 183 Å². The maximum absolute atomic E-state index is 13.0. The van der Waals surface area contributed by atoms with Crippen LogP contribution in [-0.2, 0) is 17.8 Å². The summed E-state index contributed by atoms with van der Waals surface area (Å²) in [6.07, 6.45) is 5.45. The van der Waals surface area contributed by atoms with Crippen molar-refractivity contribution in [2.45, 2.75) is 45.1 Å². The summed E-state index contributed by atoms with van der Waals surface area (Å²) in [5, 5.41) is 3.01. The molecule has 1 unspecified atom stereocenters. The minimum absolute atomic E-state index is 0.0500. The van der Waals surface area contributed by atoms with E-state index in [4.69, 9.17) is 4.98 Å². The van der Waals surface area contributed by atoms with Crippen molar-refractivity contribution in [3.63, 3.8) is 0 Å². The topological polar surface area (TPSA) is 78.4 Å². The number of aromatic nitrogens is 2. The fraction of sp³-hybridized carbons (Fsp3) is 0.500. The van der Waals surface area contributed by atoms with Crippen LogP contribution in [0.2, 0.25) is 0 Å². The molecule has 1 aromatic carbocycles. The van der Waals surface area contributed by atoms with Crippen LogP contribution in [0.1, 0.15) is 59.3 Å². The molecule has 31 heavy (non-hydrogen) atoms. The van der Waals surface area contributed by atoms with Gasteiger partial charge in [0, 0.05) is 51.8 Å². The fourth-order valence-corrected chi connectivity index (χ4v) is 4.03. The van der Waals surface area contributed by atoms with Crippen LogP contribution in [0.3, 0.4) is 0 Å². The lowest BCUT2D eigenvalue weighted by molar-refractivity contribution is -0.131. The van der Waals surface area contributed by atoms with E-state index in [9.17, 15) is 9.59 Å². The van der Waals surface area contributed by atoms with Gasteiger partial charge in [-0.15, -0.1) is 0 Å². The maximum atomic E-state index is 13.0. The van der Waals surface area contributed by atoms with Gasteiger partial charge in [0.2, 0.25) is 11.9 Å². The van der Waals surface area contributed by atoms with E-state index < -0.39 is 0 Å². The summed E-state index contributed by atoms with van der Waals surface area (Å²) in [4.78, 5) is 38.4. The van der Waals surface area contributed by atoms with Gasteiger partial charge in [-0.3, -0.25) is 9.59 Å². The van der Waals surface area contributed by atoms with E-state index in [-0.39, 0.29) is 23.7 Å². The van der Waals surface area contributed by atoms with E-state index >= 15 is 0 Å². The van der Waals surface area contributed by atoms with Crippen LogP contribution >= 0.6 is 0 Å². The third kappa shape index (κ3) is 4.86. The summed E-state index contributed by atoms with van der Waals surface area (Å²) in [6.45, 7) is 3.93. The molecule has 1 aliphatic heterocycles. The molecule has 1 aromatic heterocycles. The van der Waals surface area contributed by atoms with Gasteiger partial charge in [-0.1, -0.05) is 31.2 Å². The average Bonchev–Trinajstić information content (AvgIpc) is 3.53.